The van der Waals surface area contributed by atoms with Crippen LogP contribution >= 0.6 is 0 Å². The molecule has 0 aliphatic rings. The Labute approximate surface area is 206 Å². The molecule has 1 N–H and O–H groups in total. The Morgan fingerprint density at radius 2 is 1.49 bits per heavy atom. The molecule has 0 spiro atoms. The van der Waals surface area contributed by atoms with Crippen LogP contribution in [0, 0.1) is 27.7 Å². The first kappa shape index (κ1) is 24.7. The summed E-state index contributed by atoms with van der Waals surface area (Å²) in [7, 11) is -2.33. The summed E-state index contributed by atoms with van der Waals surface area (Å²) >= 11 is 0. The van der Waals surface area contributed by atoms with Gasteiger partial charge in [-0.2, -0.15) is 4.31 Å². The predicted octanol–water partition coefficient (Wildman–Crippen LogP) is 5.16. The smallest absolute Gasteiger partial charge is 0.252 e. The summed E-state index contributed by atoms with van der Waals surface area (Å²) in [6, 6.07) is 18.6. The molecule has 6 nitrogen and oxygen atoms in total. The second kappa shape index (κ2) is 9.68. The van der Waals surface area contributed by atoms with Crippen LogP contribution < -0.4 is 10.3 Å². The number of hydrogen-bond donors (Lipinski definition) is 1. The second-order valence-corrected chi connectivity index (χ2v) is 10.9. The fourth-order valence-electron chi connectivity index (χ4n) is 4.54. The van der Waals surface area contributed by atoms with E-state index in [2.05, 4.69) is 4.98 Å². The number of pyridine rings is 1. The highest BCUT2D eigenvalue weighted by atomic mass is 32.2. The van der Waals surface area contributed by atoms with E-state index in [-0.39, 0.29) is 23.5 Å². The molecule has 0 radical (unpaired) electrons. The number of aromatic nitrogens is 1. The zero-order valence-electron chi connectivity index (χ0n) is 20.7. The van der Waals surface area contributed by atoms with Crippen LogP contribution in [-0.2, 0) is 23.1 Å². The van der Waals surface area contributed by atoms with Crippen LogP contribution in [0.25, 0.3) is 10.9 Å². The fourth-order valence-corrected chi connectivity index (χ4v) is 6.36. The van der Waals surface area contributed by atoms with Crippen molar-refractivity contribution in [2.75, 3.05) is 7.11 Å². The lowest BCUT2D eigenvalue weighted by atomic mass is 10.1. The van der Waals surface area contributed by atoms with Crippen LogP contribution in [0.5, 0.6) is 5.75 Å². The van der Waals surface area contributed by atoms with Crippen LogP contribution in [0.1, 0.15) is 33.4 Å². The lowest BCUT2D eigenvalue weighted by Gasteiger charge is -2.25. The maximum absolute atomic E-state index is 14.0. The summed E-state index contributed by atoms with van der Waals surface area (Å²) < 4.78 is 34.7. The van der Waals surface area contributed by atoms with E-state index in [4.69, 9.17) is 4.74 Å². The molecular formula is C28H30N2O4S. The van der Waals surface area contributed by atoms with E-state index in [1.165, 1.54) is 4.31 Å². The average molecular weight is 491 g/mol. The van der Waals surface area contributed by atoms with Crippen molar-refractivity contribution < 1.29 is 13.2 Å². The van der Waals surface area contributed by atoms with E-state index in [0.29, 0.717) is 22.4 Å². The molecular weight excluding hydrogens is 460 g/mol. The molecule has 0 aliphatic heterocycles. The molecule has 1 aromatic heterocycles. The summed E-state index contributed by atoms with van der Waals surface area (Å²) in [6.07, 6.45) is 0. The zero-order chi connectivity index (χ0) is 25.3. The number of H-pyrrole nitrogens is 1. The lowest BCUT2D eigenvalue weighted by molar-refractivity contribution is 0.397. The first-order chi connectivity index (χ1) is 16.6. The summed E-state index contributed by atoms with van der Waals surface area (Å²) in [5, 5.41) is 0.865. The lowest BCUT2D eigenvalue weighted by Crippen LogP contribution is -2.33. The van der Waals surface area contributed by atoms with E-state index in [1.807, 2.05) is 70.2 Å². The van der Waals surface area contributed by atoms with Gasteiger partial charge in [-0.15, -0.1) is 0 Å². The van der Waals surface area contributed by atoms with Crippen LogP contribution in [0.4, 0.5) is 0 Å². The van der Waals surface area contributed by atoms with Gasteiger partial charge >= 0.3 is 0 Å². The number of aryl methyl sites for hydroxylation is 4. The highest BCUT2D eigenvalue weighted by Gasteiger charge is 2.29. The van der Waals surface area contributed by atoms with Crippen LogP contribution in [0.15, 0.2) is 70.4 Å². The molecule has 4 rings (SSSR count). The molecule has 0 bridgehead atoms. The number of nitrogens with one attached hydrogen (secondary N) is 1. The van der Waals surface area contributed by atoms with Crippen molar-refractivity contribution >= 4 is 20.9 Å². The van der Waals surface area contributed by atoms with Gasteiger partial charge in [0.15, 0.2) is 0 Å². The van der Waals surface area contributed by atoms with E-state index >= 15 is 0 Å². The second-order valence-electron chi connectivity index (χ2n) is 9.06. The molecule has 0 amide bonds. The minimum Gasteiger partial charge on any atom is -0.497 e. The maximum Gasteiger partial charge on any atom is 0.252 e. The van der Waals surface area contributed by atoms with Gasteiger partial charge in [-0.05, 0) is 80.1 Å². The molecule has 0 unspecified atom stereocenters. The summed E-state index contributed by atoms with van der Waals surface area (Å²) in [5.41, 5.74) is 5.04. The van der Waals surface area contributed by atoms with E-state index in [9.17, 15) is 13.2 Å². The number of rotatable bonds is 7. The van der Waals surface area contributed by atoms with Crippen molar-refractivity contribution in [2.24, 2.45) is 0 Å². The van der Waals surface area contributed by atoms with Crippen molar-refractivity contribution in [3.63, 3.8) is 0 Å². The molecule has 0 saturated heterocycles. The quantitative estimate of drug-likeness (QED) is 0.388. The van der Waals surface area contributed by atoms with E-state index in [0.717, 1.165) is 27.6 Å². The summed E-state index contributed by atoms with van der Waals surface area (Å²) in [6.45, 7) is 7.61. The Balaban J connectivity index is 1.82. The molecule has 3 aromatic carbocycles. The highest BCUT2D eigenvalue weighted by Crippen LogP contribution is 2.28. The van der Waals surface area contributed by atoms with Crippen LogP contribution in [0.3, 0.4) is 0 Å². The third-order valence-electron chi connectivity index (χ3n) is 6.14. The number of fused-ring (bicyclic) bond motifs is 1. The maximum atomic E-state index is 14.0. The van der Waals surface area contributed by atoms with Gasteiger partial charge < -0.3 is 9.72 Å². The highest BCUT2D eigenvalue weighted by molar-refractivity contribution is 7.89. The summed E-state index contributed by atoms with van der Waals surface area (Å²) in [4.78, 5) is 16.1. The molecule has 0 atom stereocenters. The number of sulfonamides is 1. The standard InChI is InChI=1S/C28H30N2O4S/c1-18-6-11-26-23(14-18)15-24(28(31)29-26)17-30(16-22-7-9-25(34-5)10-8-22)35(32,33)27-20(3)12-19(2)13-21(27)4/h6-15H,16-17H2,1-5H3,(H,29,31). The molecule has 4 aromatic rings. The largest absolute Gasteiger partial charge is 0.497 e. The molecule has 0 saturated carbocycles. The number of benzene rings is 3. The zero-order valence-corrected chi connectivity index (χ0v) is 21.5. The minimum absolute atomic E-state index is 0.0552. The van der Waals surface area contributed by atoms with Crippen molar-refractivity contribution in [3.05, 3.63) is 104 Å². The Hall–Kier alpha value is -3.42. The summed E-state index contributed by atoms with van der Waals surface area (Å²) in [5.74, 6) is 0.690. The van der Waals surface area contributed by atoms with Crippen molar-refractivity contribution in [1.29, 1.82) is 0 Å². The number of aromatic amines is 1. The predicted molar refractivity (Wildman–Crippen MR) is 139 cm³/mol. The first-order valence-electron chi connectivity index (χ1n) is 11.4. The monoisotopic (exact) mass is 490 g/mol. The van der Waals surface area contributed by atoms with Crippen LogP contribution in [-0.4, -0.2) is 24.8 Å². The molecule has 0 fully saturated rings. The molecule has 1 heterocycles. The number of methoxy groups -OCH3 is 1. The minimum atomic E-state index is -3.92. The van der Waals surface area contributed by atoms with Crippen molar-refractivity contribution in [2.45, 2.75) is 45.7 Å². The fraction of sp³-hybridized carbons (Fsp3) is 0.250. The third kappa shape index (κ3) is 5.16. The Morgan fingerprint density at radius 3 is 2.11 bits per heavy atom. The first-order valence-corrected chi connectivity index (χ1v) is 12.9. The van der Waals surface area contributed by atoms with Crippen LogP contribution in [0.2, 0.25) is 0 Å². The Kier molecular flexibility index (Phi) is 6.83. The molecule has 0 aliphatic carbocycles. The van der Waals surface area contributed by atoms with Gasteiger partial charge in [0.1, 0.15) is 5.75 Å². The molecule has 7 heteroatoms. The third-order valence-corrected chi connectivity index (χ3v) is 8.24. The van der Waals surface area contributed by atoms with E-state index < -0.39 is 10.0 Å². The van der Waals surface area contributed by atoms with Crippen molar-refractivity contribution in [3.8, 4) is 5.75 Å². The Bertz CT molecular complexity index is 1530. The van der Waals surface area contributed by atoms with Gasteiger partial charge in [-0.1, -0.05) is 41.5 Å². The van der Waals surface area contributed by atoms with Gasteiger partial charge in [0, 0.05) is 24.2 Å². The Morgan fingerprint density at radius 1 is 0.829 bits per heavy atom. The number of hydrogen-bond acceptors (Lipinski definition) is 4. The number of nitrogens with zero attached hydrogens (tertiary/aromatic N) is 1. The van der Waals surface area contributed by atoms with Crippen molar-refractivity contribution in [1.82, 2.24) is 9.29 Å². The van der Waals surface area contributed by atoms with E-state index in [1.54, 1.807) is 25.3 Å². The van der Waals surface area contributed by atoms with Gasteiger partial charge in [0.05, 0.1) is 12.0 Å². The number of ether oxygens (including phenoxy) is 1. The SMILES string of the molecule is COc1ccc(CN(Cc2cc3cc(C)ccc3[nH]c2=O)S(=O)(=O)c2c(C)cc(C)cc2C)cc1. The van der Waals surface area contributed by atoms with Gasteiger partial charge in [0.2, 0.25) is 10.0 Å². The van der Waals surface area contributed by atoms with Gasteiger partial charge in [0.25, 0.3) is 5.56 Å². The molecule has 182 valence electrons. The average Bonchev–Trinajstić information content (AvgIpc) is 2.79. The van der Waals surface area contributed by atoms with Gasteiger partial charge in [-0.3, -0.25) is 4.79 Å². The topological polar surface area (TPSA) is 79.5 Å². The normalized spacial score (nSPS) is 11.8. The molecule has 35 heavy (non-hydrogen) atoms. The van der Waals surface area contributed by atoms with Gasteiger partial charge in [-0.25, -0.2) is 8.42 Å².